The molecule has 11 heteroatoms. The first kappa shape index (κ1) is 19.6. The van der Waals surface area contributed by atoms with E-state index < -0.39 is 16.1 Å². The number of unbranched alkanes of at least 4 members (excludes halogenated alkanes) is 1. The van der Waals surface area contributed by atoms with Gasteiger partial charge < -0.3 is 10.2 Å². The normalized spacial score (nSPS) is 19.1. The Morgan fingerprint density at radius 2 is 1.86 bits per heavy atom. The number of aryl methyl sites for hydroxylation is 1. The van der Waals surface area contributed by atoms with Gasteiger partial charge in [-0.25, -0.2) is 14.1 Å². The summed E-state index contributed by atoms with van der Waals surface area (Å²) in [6.45, 7) is 4.75. The Kier molecular flexibility index (Phi) is 5.41. The minimum Gasteiger partial charge on any atom is -0.354 e. The fraction of sp³-hybridized carbons (Fsp3) is 0.500. The van der Waals surface area contributed by atoms with E-state index in [-0.39, 0.29) is 17.3 Å². The maximum absolute atomic E-state index is 12.7. The van der Waals surface area contributed by atoms with Gasteiger partial charge in [-0.2, -0.15) is 13.5 Å². The van der Waals surface area contributed by atoms with Crippen LogP contribution in [-0.2, 0) is 17.1 Å². The lowest BCUT2D eigenvalue weighted by Crippen LogP contribution is -2.47. The minimum atomic E-state index is -3.89. The van der Waals surface area contributed by atoms with E-state index >= 15 is 0 Å². The highest BCUT2D eigenvalue weighted by Gasteiger charge is 2.38. The van der Waals surface area contributed by atoms with Crippen molar-refractivity contribution in [3.8, 4) is 0 Å². The highest BCUT2D eigenvalue weighted by atomic mass is 32.2. The number of aromatic nitrogens is 3. The predicted molar refractivity (Wildman–Crippen MR) is 108 cm³/mol. The van der Waals surface area contributed by atoms with E-state index in [1.54, 1.807) is 13.2 Å². The van der Waals surface area contributed by atoms with Crippen LogP contribution in [0.1, 0.15) is 12.8 Å². The smallest absolute Gasteiger partial charge is 0.335 e. The molecule has 1 fully saturated rings. The van der Waals surface area contributed by atoms with Crippen molar-refractivity contribution in [3.63, 3.8) is 0 Å². The van der Waals surface area contributed by atoms with Crippen LogP contribution in [0.15, 0.2) is 35.6 Å². The molecule has 2 amide bonds. The number of urea groups is 1. The van der Waals surface area contributed by atoms with Gasteiger partial charge in [0.1, 0.15) is 11.5 Å². The van der Waals surface area contributed by atoms with Crippen LogP contribution in [0.3, 0.4) is 0 Å². The zero-order valence-corrected chi connectivity index (χ0v) is 17.2. The lowest BCUT2D eigenvalue weighted by molar-refractivity contribution is 0.230. The molecule has 4 heterocycles. The van der Waals surface area contributed by atoms with Crippen LogP contribution >= 0.6 is 0 Å². The van der Waals surface area contributed by atoms with Crippen molar-refractivity contribution in [2.45, 2.75) is 17.9 Å². The van der Waals surface area contributed by atoms with E-state index in [0.717, 1.165) is 49.3 Å². The number of nitrogens with one attached hydrogen (secondary N) is 1. The molecule has 156 valence electrons. The monoisotopic (exact) mass is 419 g/mol. The van der Waals surface area contributed by atoms with Gasteiger partial charge in [0.05, 0.1) is 0 Å². The molecule has 0 spiro atoms. The summed E-state index contributed by atoms with van der Waals surface area (Å²) in [6.07, 6.45) is 4.72. The lowest BCUT2D eigenvalue weighted by Gasteiger charge is -2.35. The Morgan fingerprint density at radius 3 is 2.59 bits per heavy atom. The van der Waals surface area contributed by atoms with Crippen molar-refractivity contribution >= 4 is 27.6 Å². The summed E-state index contributed by atoms with van der Waals surface area (Å²) in [4.78, 5) is 21.3. The van der Waals surface area contributed by atoms with Crippen LogP contribution in [0.4, 0.5) is 16.3 Å². The molecule has 0 unspecified atom stereocenters. The molecule has 1 saturated heterocycles. The molecule has 4 rings (SSSR count). The third kappa shape index (κ3) is 4.06. The molecule has 0 aromatic carbocycles. The van der Waals surface area contributed by atoms with E-state index in [4.69, 9.17) is 0 Å². The van der Waals surface area contributed by atoms with Crippen LogP contribution in [0.5, 0.6) is 0 Å². The number of rotatable bonds is 6. The highest BCUT2D eigenvalue weighted by molar-refractivity contribution is 7.89. The number of carbonyl (C=O) groups excluding carboxylic acids is 1. The van der Waals surface area contributed by atoms with Crippen molar-refractivity contribution in [3.05, 3.63) is 30.6 Å². The molecule has 10 nitrogen and oxygen atoms in total. The maximum atomic E-state index is 12.7. The molecule has 2 aliphatic heterocycles. The number of anilines is 2. The van der Waals surface area contributed by atoms with Gasteiger partial charge in [-0.3, -0.25) is 9.58 Å². The summed E-state index contributed by atoms with van der Waals surface area (Å²) in [6, 6.07) is 5.31. The molecule has 2 aliphatic rings. The van der Waals surface area contributed by atoms with Crippen LogP contribution in [-0.4, -0.2) is 77.7 Å². The zero-order chi connectivity index (χ0) is 20.4. The Morgan fingerprint density at radius 1 is 1.10 bits per heavy atom. The number of amides is 2. The summed E-state index contributed by atoms with van der Waals surface area (Å²) in [5.41, 5.74) is 0.236. The van der Waals surface area contributed by atoms with E-state index in [2.05, 4.69) is 25.2 Å². The number of pyridine rings is 1. The SMILES string of the molecule is Cn1cc2c(n1)S(=O)(=O)N(CCCCN1CCN(c3ccccn3)CC1)C(=O)N2. The van der Waals surface area contributed by atoms with Gasteiger partial charge in [-0.05, 0) is 31.5 Å². The third-order valence-electron chi connectivity index (χ3n) is 5.23. The average molecular weight is 420 g/mol. The molecule has 29 heavy (non-hydrogen) atoms. The molecule has 0 radical (unpaired) electrons. The van der Waals surface area contributed by atoms with Crippen molar-refractivity contribution in [1.82, 2.24) is 24.0 Å². The third-order valence-corrected chi connectivity index (χ3v) is 6.95. The second kappa shape index (κ2) is 7.99. The van der Waals surface area contributed by atoms with Gasteiger partial charge in [0.2, 0.25) is 5.03 Å². The Balaban J connectivity index is 1.25. The minimum absolute atomic E-state index is 0.0924. The molecule has 0 bridgehead atoms. The Hall–Kier alpha value is -2.66. The standard InChI is InChI=1S/C18H25N7O3S/c1-22-14-15-17(21-22)29(27,28)25(18(26)20-15)9-5-4-8-23-10-12-24(13-11-23)16-6-2-3-7-19-16/h2-3,6-7,14H,4-5,8-13H2,1H3,(H,20,26). The van der Waals surface area contributed by atoms with Crippen molar-refractivity contribution < 1.29 is 13.2 Å². The van der Waals surface area contributed by atoms with Crippen LogP contribution in [0.2, 0.25) is 0 Å². The van der Waals surface area contributed by atoms with Gasteiger partial charge >= 0.3 is 6.03 Å². The predicted octanol–water partition coefficient (Wildman–Crippen LogP) is 0.954. The van der Waals surface area contributed by atoms with E-state index in [9.17, 15) is 13.2 Å². The highest BCUT2D eigenvalue weighted by Crippen LogP contribution is 2.28. The first-order chi connectivity index (χ1) is 13.9. The number of hydrogen-bond donors (Lipinski definition) is 1. The first-order valence-corrected chi connectivity index (χ1v) is 11.1. The number of hydrogen-bond acceptors (Lipinski definition) is 7. The maximum Gasteiger partial charge on any atom is 0.335 e. The van der Waals surface area contributed by atoms with Crippen LogP contribution in [0, 0.1) is 0 Å². The Labute approximate surface area is 170 Å². The zero-order valence-electron chi connectivity index (χ0n) is 16.4. The van der Waals surface area contributed by atoms with E-state index in [1.165, 1.54) is 10.9 Å². The summed E-state index contributed by atoms with van der Waals surface area (Å²) in [5.74, 6) is 1.00. The van der Waals surface area contributed by atoms with Gasteiger partial charge in [-0.1, -0.05) is 6.07 Å². The molecule has 0 saturated carbocycles. The van der Waals surface area contributed by atoms with Gasteiger partial charge in [0.25, 0.3) is 10.0 Å². The largest absolute Gasteiger partial charge is 0.354 e. The number of piperazine rings is 1. The molecular formula is C18H25N7O3S. The quantitative estimate of drug-likeness (QED) is 0.696. The summed E-state index contributed by atoms with van der Waals surface area (Å²) in [7, 11) is -2.27. The van der Waals surface area contributed by atoms with Gasteiger partial charge in [-0.15, -0.1) is 0 Å². The molecule has 1 N–H and O–H groups in total. The van der Waals surface area contributed by atoms with Crippen LogP contribution in [0.25, 0.3) is 0 Å². The summed E-state index contributed by atoms with van der Waals surface area (Å²) in [5, 5.41) is 6.48. The van der Waals surface area contributed by atoms with Crippen molar-refractivity contribution in [1.29, 1.82) is 0 Å². The summed E-state index contributed by atoms with van der Waals surface area (Å²) >= 11 is 0. The fourth-order valence-electron chi connectivity index (χ4n) is 3.69. The topological polar surface area (TPSA) is 104 Å². The van der Waals surface area contributed by atoms with Gasteiger partial charge in [0, 0.05) is 52.2 Å². The molecular weight excluding hydrogens is 394 g/mol. The van der Waals surface area contributed by atoms with E-state index in [1.807, 2.05) is 18.2 Å². The first-order valence-electron chi connectivity index (χ1n) is 9.71. The molecule has 0 aliphatic carbocycles. The number of sulfonamides is 1. The second-order valence-electron chi connectivity index (χ2n) is 7.25. The average Bonchev–Trinajstić information content (AvgIpc) is 3.09. The van der Waals surface area contributed by atoms with Crippen LogP contribution < -0.4 is 10.2 Å². The van der Waals surface area contributed by atoms with E-state index in [0.29, 0.717) is 6.42 Å². The lowest BCUT2D eigenvalue weighted by atomic mass is 10.2. The number of carbonyl (C=O) groups is 1. The number of fused-ring (bicyclic) bond motifs is 1. The molecule has 2 aromatic rings. The molecule has 0 atom stereocenters. The van der Waals surface area contributed by atoms with Crippen molar-refractivity contribution in [2.24, 2.45) is 7.05 Å². The number of nitrogens with zero attached hydrogens (tertiary/aromatic N) is 6. The molecule has 2 aromatic heterocycles. The summed E-state index contributed by atoms with van der Waals surface area (Å²) < 4.78 is 27.6. The second-order valence-corrected chi connectivity index (χ2v) is 9.03. The van der Waals surface area contributed by atoms with Crippen molar-refractivity contribution in [2.75, 3.05) is 49.5 Å². The fourth-order valence-corrected chi connectivity index (χ4v) is 5.15. The van der Waals surface area contributed by atoms with Gasteiger partial charge in [0.15, 0.2) is 0 Å². The Bertz CT molecular complexity index is 969.